The SMILES string of the molecule is C=CC(=O)N1CC(N(C)c2ccc(C(N)=O)c3[nH]c(C4CCN(CCC)CC4)cc23)C1. The van der Waals surface area contributed by atoms with Gasteiger partial charge in [0.25, 0.3) is 5.91 Å². The minimum Gasteiger partial charge on any atom is -0.367 e. The third-order valence-electron chi connectivity index (χ3n) is 6.90. The first-order valence-electron chi connectivity index (χ1n) is 11.2. The maximum Gasteiger partial charge on any atom is 0.250 e. The van der Waals surface area contributed by atoms with Crippen molar-refractivity contribution in [3.05, 3.63) is 42.1 Å². The second-order valence-corrected chi connectivity index (χ2v) is 8.84. The minimum absolute atomic E-state index is 0.0304. The van der Waals surface area contributed by atoms with Crippen LogP contribution in [0.15, 0.2) is 30.9 Å². The molecule has 3 N–H and O–H groups in total. The van der Waals surface area contributed by atoms with E-state index < -0.39 is 5.91 Å². The lowest BCUT2D eigenvalue weighted by atomic mass is 9.93. The summed E-state index contributed by atoms with van der Waals surface area (Å²) in [6.07, 6.45) is 4.78. The lowest BCUT2D eigenvalue weighted by Crippen LogP contribution is -2.60. The number of carbonyl (C=O) groups excluding carboxylic acids is 2. The molecule has 3 heterocycles. The molecule has 1 aromatic carbocycles. The molecule has 31 heavy (non-hydrogen) atoms. The third-order valence-corrected chi connectivity index (χ3v) is 6.90. The van der Waals surface area contributed by atoms with Crippen molar-refractivity contribution in [3.63, 3.8) is 0 Å². The zero-order chi connectivity index (χ0) is 22.1. The zero-order valence-corrected chi connectivity index (χ0v) is 18.6. The lowest BCUT2D eigenvalue weighted by molar-refractivity contribution is -0.130. The van der Waals surface area contributed by atoms with Gasteiger partial charge in [-0.1, -0.05) is 13.5 Å². The van der Waals surface area contributed by atoms with Crippen LogP contribution in [0.25, 0.3) is 10.9 Å². The summed E-state index contributed by atoms with van der Waals surface area (Å²) >= 11 is 0. The Bertz CT molecular complexity index is 983. The number of likely N-dealkylation sites (tertiary alicyclic amines) is 2. The molecule has 0 unspecified atom stereocenters. The van der Waals surface area contributed by atoms with Crippen molar-refractivity contribution in [3.8, 4) is 0 Å². The molecule has 2 aliphatic heterocycles. The molecular weight excluding hydrogens is 390 g/mol. The number of rotatable bonds is 7. The van der Waals surface area contributed by atoms with Crippen molar-refractivity contribution in [1.29, 1.82) is 0 Å². The van der Waals surface area contributed by atoms with Gasteiger partial charge in [-0.15, -0.1) is 0 Å². The fourth-order valence-electron chi connectivity index (χ4n) is 4.95. The van der Waals surface area contributed by atoms with Gasteiger partial charge in [-0.2, -0.15) is 0 Å². The van der Waals surface area contributed by atoms with Crippen molar-refractivity contribution in [1.82, 2.24) is 14.8 Å². The van der Waals surface area contributed by atoms with Gasteiger partial charge in [-0.3, -0.25) is 9.59 Å². The number of aromatic amines is 1. The van der Waals surface area contributed by atoms with E-state index in [9.17, 15) is 9.59 Å². The number of nitrogens with one attached hydrogen (secondary N) is 1. The summed E-state index contributed by atoms with van der Waals surface area (Å²) in [5.74, 6) is 0.0118. The predicted octanol–water partition coefficient (Wildman–Crippen LogP) is 2.69. The second kappa shape index (κ2) is 8.75. The van der Waals surface area contributed by atoms with Crippen LogP contribution >= 0.6 is 0 Å². The topological polar surface area (TPSA) is 85.7 Å². The highest BCUT2D eigenvalue weighted by Crippen LogP contribution is 2.36. The minimum atomic E-state index is -0.420. The smallest absolute Gasteiger partial charge is 0.250 e. The van der Waals surface area contributed by atoms with Gasteiger partial charge in [0.2, 0.25) is 5.91 Å². The van der Waals surface area contributed by atoms with Crippen LogP contribution in [0.3, 0.4) is 0 Å². The standard InChI is InChI=1S/C24H33N5O2/c1-4-10-28-11-8-16(9-12-28)20-13-19-21(7-6-18(24(25)31)23(19)26-20)27(3)17-14-29(15-17)22(30)5-2/h5-7,13,16-17,26H,2,4,8-12,14-15H2,1,3H3,(H2,25,31). The monoisotopic (exact) mass is 423 g/mol. The van der Waals surface area contributed by atoms with E-state index in [1.165, 1.54) is 18.2 Å². The van der Waals surface area contributed by atoms with E-state index in [1.807, 2.05) is 12.1 Å². The van der Waals surface area contributed by atoms with E-state index in [0.29, 0.717) is 24.6 Å². The Balaban J connectivity index is 1.60. The quantitative estimate of drug-likeness (QED) is 0.671. The molecular formula is C24H33N5O2. The number of primary amides is 1. The molecule has 2 fully saturated rings. The Morgan fingerprint density at radius 2 is 2.00 bits per heavy atom. The van der Waals surface area contributed by atoms with Crippen molar-refractivity contribution in [2.24, 2.45) is 5.73 Å². The summed E-state index contributed by atoms with van der Waals surface area (Å²) in [6, 6.07) is 6.23. The molecule has 0 spiro atoms. The summed E-state index contributed by atoms with van der Waals surface area (Å²) in [7, 11) is 2.05. The normalized spacial score (nSPS) is 18.2. The first-order chi connectivity index (χ1) is 14.9. The summed E-state index contributed by atoms with van der Waals surface area (Å²) in [4.78, 5) is 33.9. The Kier molecular flexibility index (Phi) is 6.05. The highest BCUT2D eigenvalue weighted by Gasteiger charge is 2.33. The number of amides is 2. The van der Waals surface area contributed by atoms with Gasteiger partial charge in [-0.25, -0.2) is 0 Å². The largest absolute Gasteiger partial charge is 0.367 e. The molecule has 0 atom stereocenters. The number of fused-ring (bicyclic) bond motifs is 1. The van der Waals surface area contributed by atoms with Crippen LogP contribution in [-0.2, 0) is 4.79 Å². The van der Waals surface area contributed by atoms with Gasteiger partial charge in [0.05, 0.1) is 17.1 Å². The predicted molar refractivity (Wildman–Crippen MR) is 124 cm³/mol. The number of carbonyl (C=O) groups is 2. The summed E-state index contributed by atoms with van der Waals surface area (Å²) in [5.41, 5.74) is 9.27. The summed E-state index contributed by atoms with van der Waals surface area (Å²) < 4.78 is 0. The second-order valence-electron chi connectivity index (χ2n) is 8.84. The number of nitrogens with zero attached hydrogens (tertiary/aromatic N) is 3. The van der Waals surface area contributed by atoms with Gasteiger partial charge < -0.3 is 25.4 Å². The Labute approximate surface area is 183 Å². The number of aromatic nitrogens is 1. The molecule has 0 bridgehead atoms. The first kappa shape index (κ1) is 21.4. The number of piperidine rings is 1. The Morgan fingerprint density at radius 3 is 2.61 bits per heavy atom. The van der Waals surface area contributed by atoms with Crippen molar-refractivity contribution in [2.75, 3.05) is 44.7 Å². The number of benzene rings is 1. The van der Waals surface area contributed by atoms with Crippen LogP contribution in [-0.4, -0.2) is 72.4 Å². The number of hydrogen-bond donors (Lipinski definition) is 2. The molecule has 2 amide bonds. The van der Waals surface area contributed by atoms with E-state index in [1.54, 1.807) is 4.90 Å². The average Bonchev–Trinajstić information content (AvgIpc) is 3.17. The highest BCUT2D eigenvalue weighted by molar-refractivity contribution is 6.09. The van der Waals surface area contributed by atoms with Crippen LogP contribution in [0.5, 0.6) is 0 Å². The van der Waals surface area contributed by atoms with Crippen molar-refractivity contribution >= 4 is 28.4 Å². The van der Waals surface area contributed by atoms with Crippen LogP contribution in [0, 0.1) is 0 Å². The number of likely N-dealkylation sites (N-methyl/N-ethyl adjacent to an activating group) is 1. The molecule has 166 valence electrons. The molecule has 0 radical (unpaired) electrons. The zero-order valence-electron chi connectivity index (χ0n) is 18.6. The summed E-state index contributed by atoms with van der Waals surface area (Å²) in [6.45, 7) is 10.5. The number of nitrogens with two attached hydrogens (primary N) is 1. The van der Waals surface area contributed by atoms with Crippen LogP contribution in [0.1, 0.15) is 48.2 Å². The van der Waals surface area contributed by atoms with E-state index in [4.69, 9.17) is 5.73 Å². The fourth-order valence-corrected chi connectivity index (χ4v) is 4.95. The van der Waals surface area contributed by atoms with Crippen LogP contribution in [0.4, 0.5) is 5.69 Å². The maximum absolute atomic E-state index is 12.1. The van der Waals surface area contributed by atoms with Gasteiger partial charge >= 0.3 is 0 Å². The number of hydrogen-bond acceptors (Lipinski definition) is 4. The highest BCUT2D eigenvalue weighted by atomic mass is 16.2. The molecule has 0 saturated carbocycles. The number of H-pyrrole nitrogens is 1. The van der Waals surface area contributed by atoms with Crippen molar-refractivity contribution < 1.29 is 9.59 Å². The molecule has 2 saturated heterocycles. The maximum atomic E-state index is 12.1. The van der Waals surface area contributed by atoms with E-state index >= 15 is 0 Å². The molecule has 2 aliphatic rings. The molecule has 7 heteroatoms. The van der Waals surface area contributed by atoms with Gasteiger partial charge in [-0.05, 0) is 63.2 Å². The van der Waals surface area contributed by atoms with E-state index in [2.05, 4.69) is 41.4 Å². The Hall–Kier alpha value is -2.80. The van der Waals surface area contributed by atoms with E-state index in [-0.39, 0.29) is 11.9 Å². The molecule has 2 aromatic rings. The fraction of sp³-hybridized carbons (Fsp3) is 0.500. The van der Waals surface area contributed by atoms with Crippen LogP contribution < -0.4 is 10.6 Å². The molecule has 0 aliphatic carbocycles. The average molecular weight is 424 g/mol. The van der Waals surface area contributed by atoms with Crippen molar-refractivity contribution in [2.45, 2.75) is 38.1 Å². The van der Waals surface area contributed by atoms with Crippen LogP contribution in [0.2, 0.25) is 0 Å². The van der Waals surface area contributed by atoms with Gasteiger partial charge in [0.1, 0.15) is 0 Å². The lowest BCUT2D eigenvalue weighted by Gasteiger charge is -2.44. The Morgan fingerprint density at radius 1 is 1.29 bits per heavy atom. The summed E-state index contributed by atoms with van der Waals surface area (Å²) in [5, 5.41) is 1.03. The molecule has 1 aromatic heterocycles. The van der Waals surface area contributed by atoms with Gasteiger partial charge in [0.15, 0.2) is 0 Å². The first-order valence-corrected chi connectivity index (χ1v) is 11.2. The molecule has 4 rings (SSSR count). The molecule has 7 nitrogen and oxygen atoms in total. The van der Waals surface area contributed by atoms with Gasteiger partial charge in [0, 0.05) is 42.8 Å². The third kappa shape index (κ3) is 4.06. The number of anilines is 1. The van der Waals surface area contributed by atoms with E-state index in [0.717, 1.165) is 49.1 Å².